The molecule has 1 amide bonds. The van der Waals surface area contributed by atoms with Gasteiger partial charge in [0.15, 0.2) is 0 Å². The molecule has 0 bridgehead atoms. The number of halogens is 3. The minimum atomic E-state index is -0.113. The number of rotatable bonds is 4. The second-order valence-corrected chi connectivity index (χ2v) is 5.74. The number of aliphatic hydroxyl groups is 1. The van der Waals surface area contributed by atoms with Crippen molar-refractivity contribution in [3.8, 4) is 0 Å². The molecule has 0 spiro atoms. The van der Waals surface area contributed by atoms with Crippen molar-refractivity contribution in [1.82, 2.24) is 0 Å². The molecule has 16 heavy (non-hydrogen) atoms. The summed E-state index contributed by atoms with van der Waals surface area (Å²) in [5.41, 5.74) is 0.700. The number of benzene rings is 1. The van der Waals surface area contributed by atoms with E-state index in [1.165, 1.54) is 0 Å². The van der Waals surface area contributed by atoms with Gasteiger partial charge >= 0.3 is 0 Å². The summed E-state index contributed by atoms with van der Waals surface area (Å²) in [4.78, 5) is 11.5. The van der Waals surface area contributed by atoms with Crippen LogP contribution in [0.15, 0.2) is 25.6 Å². The second kappa shape index (κ2) is 6.74. The van der Waals surface area contributed by atoms with Gasteiger partial charge in [-0.3, -0.25) is 4.79 Å². The fourth-order valence-corrected chi connectivity index (χ4v) is 3.56. The number of nitrogens with one attached hydrogen (secondary N) is 1. The van der Waals surface area contributed by atoms with E-state index in [1.54, 1.807) is 0 Å². The van der Waals surface area contributed by atoms with E-state index in [2.05, 4.69) is 53.1 Å². The molecule has 1 aromatic rings. The van der Waals surface area contributed by atoms with Crippen LogP contribution < -0.4 is 5.32 Å². The highest BCUT2D eigenvalue weighted by molar-refractivity contribution is 9.11. The van der Waals surface area contributed by atoms with E-state index in [9.17, 15) is 4.79 Å². The first-order valence-electron chi connectivity index (χ1n) is 4.60. The topological polar surface area (TPSA) is 49.3 Å². The lowest BCUT2D eigenvalue weighted by Gasteiger charge is -2.10. The fourth-order valence-electron chi connectivity index (χ4n) is 1.10. The lowest BCUT2D eigenvalue weighted by molar-refractivity contribution is -0.116. The van der Waals surface area contributed by atoms with Crippen molar-refractivity contribution in [2.75, 3.05) is 11.9 Å². The largest absolute Gasteiger partial charge is 0.396 e. The van der Waals surface area contributed by atoms with E-state index in [0.29, 0.717) is 18.5 Å². The van der Waals surface area contributed by atoms with Gasteiger partial charge in [0.1, 0.15) is 0 Å². The van der Waals surface area contributed by atoms with Crippen molar-refractivity contribution in [1.29, 1.82) is 0 Å². The summed E-state index contributed by atoms with van der Waals surface area (Å²) in [5, 5.41) is 11.4. The van der Waals surface area contributed by atoms with Crippen LogP contribution in [0.25, 0.3) is 0 Å². The molecule has 2 N–H and O–H groups in total. The number of carbonyl (C=O) groups excluding carboxylic acids is 1. The van der Waals surface area contributed by atoms with E-state index < -0.39 is 0 Å². The van der Waals surface area contributed by atoms with E-state index in [1.807, 2.05) is 12.1 Å². The molecule has 1 rings (SSSR count). The lowest BCUT2D eigenvalue weighted by atomic mass is 10.3. The van der Waals surface area contributed by atoms with Crippen molar-refractivity contribution in [2.45, 2.75) is 12.8 Å². The Morgan fingerprint density at radius 2 is 1.81 bits per heavy atom. The van der Waals surface area contributed by atoms with Crippen LogP contribution >= 0.6 is 47.8 Å². The smallest absolute Gasteiger partial charge is 0.224 e. The number of aliphatic hydroxyl groups excluding tert-OH is 1. The molecule has 0 aliphatic carbocycles. The Kier molecular flexibility index (Phi) is 5.96. The summed E-state index contributed by atoms with van der Waals surface area (Å²) in [6.07, 6.45) is 0.781. The Balaban J connectivity index is 2.77. The quantitative estimate of drug-likeness (QED) is 0.788. The predicted octanol–water partition coefficient (Wildman–Crippen LogP) is 3.69. The van der Waals surface area contributed by atoms with Gasteiger partial charge in [-0.25, -0.2) is 0 Å². The minimum Gasteiger partial charge on any atom is -0.396 e. The van der Waals surface area contributed by atoms with Gasteiger partial charge in [-0.1, -0.05) is 15.9 Å². The standard InChI is InChI=1S/C10H10Br3NO2/c11-6-4-7(12)10(8(13)5-6)14-9(16)2-1-3-15/h4-5,15H,1-3H2,(H,14,16). The Morgan fingerprint density at radius 1 is 1.25 bits per heavy atom. The van der Waals surface area contributed by atoms with Crippen LogP contribution in [-0.2, 0) is 4.79 Å². The van der Waals surface area contributed by atoms with Crippen molar-refractivity contribution in [3.63, 3.8) is 0 Å². The highest BCUT2D eigenvalue weighted by Crippen LogP contribution is 2.34. The highest BCUT2D eigenvalue weighted by atomic mass is 79.9. The fraction of sp³-hybridized carbons (Fsp3) is 0.300. The van der Waals surface area contributed by atoms with Crippen molar-refractivity contribution in [3.05, 3.63) is 25.6 Å². The Labute approximate surface area is 119 Å². The molecule has 0 aliphatic heterocycles. The first kappa shape index (κ1) is 14.2. The number of hydrogen-bond acceptors (Lipinski definition) is 2. The van der Waals surface area contributed by atoms with Crippen molar-refractivity contribution < 1.29 is 9.90 Å². The molecule has 3 nitrogen and oxygen atoms in total. The molecule has 0 atom stereocenters. The summed E-state index contributed by atoms with van der Waals surface area (Å²) < 4.78 is 2.51. The van der Waals surface area contributed by atoms with Gasteiger partial charge in [-0.2, -0.15) is 0 Å². The average Bonchev–Trinajstić information content (AvgIpc) is 2.20. The summed E-state index contributed by atoms with van der Waals surface area (Å²) in [6, 6.07) is 3.71. The summed E-state index contributed by atoms with van der Waals surface area (Å²) in [5.74, 6) is -0.113. The van der Waals surface area contributed by atoms with Crippen LogP contribution in [0, 0.1) is 0 Å². The zero-order valence-corrected chi connectivity index (χ0v) is 13.0. The molecule has 0 aromatic heterocycles. The van der Waals surface area contributed by atoms with Gasteiger partial charge in [0.25, 0.3) is 0 Å². The van der Waals surface area contributed by atoms with Crippen LogP contribution in [0.4, 0.5) is 5.69 Å². The number of amides is 1. The molecule has 0 fully saturated rings. The van der Waals surface area contributed by atoms with E-state index >= 15 is 0 Å². The van der Waals surface area contributed by atoms with Gasteiger partial charge in [0.05, 0.1) is 5.69 Å². The van der Waals surface area contributed by atoms with Gasteiger partial charge < -0.3 is 10.4 Å². The average molecular weight is 416 g/mol. The van der Waals surface area contributed by atoms with Gasteiger partial charge in [0.2, 0.25) is 5.91 Å². The molecule has 88 valence electrons. The minimum absolute atomic E-state index is 0.0239. The number of hydrogen-bond donors (Lipinski definition) is 2. The zero-order chi connectivity index (χ0) is 12.1. The Bertz CT molecular complexity index is 373. The molecule has 0 saturated heterocycles. The SMILES string of the molecule is O=C(CCCO)Nc1c(Br)cc(Br)cc1Br. The molecule has 1 aromatic carbocycles. The van der Waals surface area contributed by atoms with Crippen molar-refractivity contribution >= 4 is 59.4 Å². The maximum atomic E-state index is 11.5. The van der Waals surface area contributed by atoms with Gasteiger partial charge in [0, 0.05) is 26.4 Å². The van der Waals surface area contributed by atoms with Crippen LogP contribution in [0.1, 0.15) is 12.8 Å². The Hall–Kier alpha value is 0.0900. The van der Waals surface area contributed by atoms with E-state index in [4.69, 9.17) is 5.11 Å². The highest BCUT2D eigenvalue weighted by Gasteiger charge is 2.10. The van der Waals surface area contributed by atoms with Crippen LogP contribution in [0.5, 0.6) is 0 Å². The van der Waals surface area contributed by atoms with Gasteiger partial charge in [-0.05, 0) is 50.4 Å². The number of carbonyl (C=O) groups is 1. The zero-order valence-electron chi connectivity index (χ0n) is 8.27. The molecular weight excluding hydrogens is 406 g/mol. The molecule has 6 heteroatoms. The number of anilines is 1. The third-order valence-electron chi connectivity index (χ3n) is 1.83. The molecular formula is C10H10Br3NO2. The second-order valence-electron chi connectivity index (χ2n) is 3.12. The molecule has 0 unspecified atom stereocenters. The summed E-state index contributed by atoms with van der Waals surface area (Å²) in [7, 11) is 0. The van der Waals surface area contributed by atoms with Crippen molar-refractivity contribution in [2.24, 2.45) is 0 Å². The molecule has 0 radical (unpaired) electrons. The summed E-state index contributed by atoms with van der Waals surface area (Å²) >= 11 is 10.1. The van der Waals surface area contributed by atoms with Crippen LogP contribution in [0.2, 0.25) is 0 Å². The van der Waals surface area contributed by atoms with Gasteiger partial charge in [-0.15, -0.1) is 0 Å². The third kappa shape index (κ3) is 4.16. The monoisotopic (exact) mass is 413 g/mol. The van der Waals surface area contributed by atoms with E-state index in [-0.39, 0.29) is 12.5 Å². The van der Waals surface area contributed by atoms with Crippen LogP contribution in [-0.4, -0.2) is 17.6 Å². The summed E-state index contributed by atoms with van der Waals surface area (Å²) in [6.45, 7) is 0.0239. The molecule has 0 saturated carbocycles. The Morgan fingerprint density at radius 3 is 2.31 bits per heavy atom. The lowest BCUT2D eigenvalue weighted by Crippen LogP contribution is -2.12. The molecule has 0 heterocycles. The van der Waals surface area contributed by atoms with Crippen LogP contribution in [0.3, 0.4) is 0 Å². The maximum absolute atomic E-state index is 11.5. The molecule has 0 aliphatic rings. The maximum Gasteiger partial charge on any atom is 0.224 e. The van der Waals surface area contributed by atoms with E-state index in [0.717, 1.165) is 13.4 Å². The third-order valence-corrected chi connectivity index (χ3v) is 3.54. The first-order chi connectivity index (χ1) is 7.54. The normalized spacial score (nSPS) is 10.2. The first-order valence-corrected chi connectivity index (χ1v) is 6.97. The predicted molar refractivity (Wildman–Crippen MR) is 74.5 cm³/mol.